The quantitative estimate of drug-likeness (QED) is 0.237. The second-order valence-electron chi connectivity index (χ2n) is 9.28. The summed E-state index contributed by atoms with van der Waals surface area (Å²) in [6, 6.07) is 14.1. The predicted octanol–water partition coefficient (Wildman–Crippen LogP) is 6.30. The molecule has 0 bridgehead atoms. The Kier molecular flexibility index (Phi) is 7.30. The molecule has 0 radical (unpaired) electrons. The Balaban J connectivity index is 1.54. The minimum Gasteiger partial charge on any atom is -0.490 e. The molecule has 198 valence electrons. The van der Waals surface area contributed by atoms with E-state index in [1.165, 1.54) is 0 Å². The van der Waals surface area contributed by atoms with Crippen LogP contribution in [0.2, 0.25) is 10.0 Å². The molecule has 3 aromatic carbocycles. The van der Waals surface area contributed by atoms with Gasteiger partial charge in [0.15, 0.2) is 17.0 Å². The number of nitro groups is 1. The van der Waals surface area contributed by atoms with Gasteiger partial charge in [0.1, 0.15) is 6.61 Å². The van der Waals surface area contributed by atoms with Crippen LogP contribution < -0.4 is 20.1 Å². The molecule has 2 aliphatic heterocycles. The van der Waals surface area contributed by atoms with Gasteiger partial charge in [-0.3, -0.25) is 20.2 Å². The number of halogens is 3. The maximum absolute atomic E-state index is 13.3. The molecule has 1 saturated heterocycles. The number of para-hydroxylation sites is 1. The van der Waals surface area contributed by atoms with E-state index in [-0.39, 0.29) is 11.5 Å². The number of anilines is 1. The highest BCUT2D eigenvalue weighted by Gasteiger charge is 2.67. The number of carbonyl (C=O) groups excluding carboxylic acids is 1. The van der Waals surface area contributed by atoms with Gasteiger partial charge in [-0.2, -0.15) is 0 Å². The fraction of sp³-hybridized carbons (Fsp3) is 0.296. The minimum absolute atomic E-state index is 0.160. The SMILES string of the molecule is CCOc1cc([C@@H]2[C@H](C)N[C@@]3(C(=O)Nc4ccccc43)[C@@H]2[N+](=O)[O-])cc(Br)c1OCc1ccc(Cl)cc1Cl. The van der Waals surface area contributed by atoms with Gasteiger partial charge in [0.2, 0.25) is 0 Å². The first-order chi connectivity index (χ1) is 18.2. The lowest BCUT2D eigenvalue weighted by atomic mass is 9.78. The number of hydrogen-bond donors (Lipinski definition) is 2. The fourth-order valence-corrected chi connectivity index (χ4v) is 6.56. The van der Waals surface area contributed by atoms with Gasteiger partial charge in [-0.25, -0.2) is 0 Å². The molecule has 2 heterocycles. The molecule has 0 aliphatic carbocycles. The van der Waals surface area contributed by atoms with Crippen LogP contribution in [0.4, 0.5) is 5.69 Å². The standard InChI is InChI=1S/C27H24BrCl2N3O5/c1-3-37-22-11-16(10-19(28)24(22)38-13-15-8-9-17(29)12-20(15)30)23-14(2)32-27(25(23)33(35)36)18-6-4-5-7-21(18)31-26(27)34/h4-12,14,23,25,32H,3,13H2,1-2H3,(H,31,34)/t14-,23-,25+,27+/m0/s1. The van der Waals surface area contributed by atoms with Crippen LogP contribution >= 0.6 is 39.1 Å². The zero-order valence-corrected chi connectivity index (χ0v) is 23.6. The summed E-state index contributed by atoms with van der Waals surface area (Å²) in [5, 5.41) is 19.7. The van der Waals surface area contributed by atoms with Crippen molar-refractivity contribution in [2.45, 2.75) is 44.0 Å². The van der Waals surface area contributed by atoms with E-state index in [9.17, 15) is 14.9 Å². The number of hydrogen-bond acceptors (Lipinski definition) is 6. The smallest absolute Gasteiger partial charge is 0.256 e. The molecule has 0 aromatic heterocycles. The Morgan fingerprint density at radius 2 is 1.89 bits per heavy atom. The second kappa shape index (κ2) is 10.4. The molecule has 1 amide bonds. The summed E-state index contributed by atoms with van der Waals surface area (Å²) < 4.78 is 12.6. The summed E-state index contributed by atoms with van der Waals surface area (Å²) in [6.07, 6.45) is 0. The molecule has 0 unspecified atom stereocenters. The highest BCUT2D eigenvalue weighted by atomic mass is 79.9. The highest BCUT2D eigenvalue weighted by Crippen LogP contribution is 2.51. The maximum Gasteiger partial charge on any atom is 0.256 e. The lowest BCUT2D eigenvalue weighted by Gasteiger charge is -2.26. The molecular formula is C27H24BrCl2N3O5. The third-order valence-electron chi connectivity index (χ3n) is 7.07. The fourth-order valence-electron chi connectivity index (χ4n) is 5.53. The second-order valence-corrected chi connectivity index (χ2v) is 11.0. The number of benzene rings is 3. The van der Waals surface area contributed by atoms with Crippen molar-refractivity contribution in [3.63, 3.8) is 0 Å². The minimum atomic E-state index is -1.50. The molecule has 8 nitrogen and oxygen atoms in total. The van der Waals surface area contributed by atoms with Crippen LogP contribution in [-0.2, 0) is 16.9 Å². The lowest BCUT2D eigenvalue weighted by Crippen LogP contribution is -2.54. The number of carbonyl (C=O) groups is 1. The molecule has 4 atom stereocenters. The normalized spacial score (nSPS) is 23.8. The number of ether oxygens (including phenoxy) is 2. The Bertz CT molecular complexity index is 1440. The van der Waals surface area contributed by atoms with Crippen LogP contribution in [0.15, 0.2) is 59.1 Å². The van der Waals surface area contributed by atoms with E-state index in [2.05, 4.69) is 26.6 Å². The van der Waals surface area contributed by atoms with Crippen LogP contribution in [0.1, 0.15) is 36.5 Å². The average molecular weight is 621 g/mol. The van der Waals surface area contributed by atoms with Gasteiger partial charge in [-0.15, -0.1) is 0 Å². The van der Waals surface area contributed by atoms with Crippen molar-refractivity contribution in [3.8, 4) is 11.5 Å². The first-order valence-corrected chi connectivity index (χ1v) is 13.6. The summed E-state index contributed by atoms with van der Waals surface area (Å²) in [5.74, 6) is -0.208. The Morgan fingerprint density at radius 3 is 2.61 bits per heavy atom. The van der Waals surface area contributed by atoms with Gasteiger partial charge < -0.3 is 14.8 Å². The van der Waals surface area contributed by atoms with Crippen LogP contribution in [0.25, 0.3) is 0 Å². The third-order valence-corrected chi connectivity index (χ3v) is 8.24. The number of nitrogens with one attached hydrogen (secondary N) is 2. The molecule has 1 spiro atoms. The molecule has 2 N–H and O–H groups in total. The van der Waals surface area contributed by atoms with E-state index in [0.29, 0.717) is 49.4 Å². The van der Waals surface area contributed by atoms with Crippen molar-refractivity contribution in [2.24, 2.45) is 0 Å². The van der Waals surface area contributed by atoms with E-state index in [1.54, 1.807) is 54.6 Å². The Hall–Kier alpha value is -2.85. The van der Waals surface area contributed by atoms with Crippen molar-refractivity contribution in [2.75, 3.05) is 11.9 Å². The van der Waals surface area contributed by atoms with Gasteiger partial charge in [-0.05, 0) is 65.7 Å². The predicted molar refractivity (Wildman–Crippen MR) is 149 cm³/mol. The van der Waals surface area contributed by atoms with Crippen molar-refractivity contribution in [3.05, 3.63) is 95.9 Å². The molecule has 3 aromatic rings. The van der Waals surface area contributed by atoms with Crippen molar-refractivity contribution < 1.29 is 19.2 Å². The molecule has 38 heavy (non-hydrogen) atoms. The largest absolute Gasteiger partial charge is 0.490 e. The summed E-state index contributed by atoms with van der Waals surface area (Å²) in [4.78, 5) is 25.6. The van der Waals surface area contributed by atoms with Crippen molar-refractivity contribution >= 4 is 50.7 Å². The van der Waals surface area contributed by atoms with Gasteiger partial charge >= 0.3 is 0 Å². The van der Waals surface area contributed by atoms with E-state index < -0.39 is 29.4 Å². The summed E-state index contributed by atoms with van der Waals surface area (Å²) in [5.41, 5.74) is 1.04. The van der Waals surface area contributed by atoms with Crippen molar-refractivity contribution in [1.82, 2.24) is 5.32 Å². The van der Waals surface area contributed by atoms with E-state index in [1.807, 2.05) is 13.8 Å². The lowest BCUT2D eigenvalue weighted by molar-refractivity contribution is -0.532. The van der Waals surface area contributed by atoms with Gasteiger partial charge in [-0.1, -0.05) is 47.5 Å². The van der Waals surface area contributed by atoms with Crippen LogP contribution in [0.5, 0.6) is 11.5 Å². The van der Waals surface area contributed by atoms with E-state index >= 15 is 0 Å². The van der Waals surface area contributed by atoms with Crippen LogP contribution in [0, 0.1) is 10.1 Å². The van der Waals surface area contributed by atoms with Crippen molar-refractivity contribution in [1.29, 1.82) is 0 Å². The van der Waals surface area contributed by atoms with E-state index in [4.69, 9.17) is 32.7 Å². The zero-order chi connectivity index (χ0) is 27.2. The zero-order valence-electron chi connectivity index (χ0n) is 20.5. The van der Waals surface area contributed by atoms with Crippen LogP contribution in [0.3, 0.4) is 0 Å². The highest BCUT2D eigenvalue weighted by molar-refractivity contribution is 9.10. The van der Waals surface area contributed by atoms with Gasteiger partial charge in [0, 0.05) is 37.8 Å². The number of nitrogens with zero attached hydrogens (tertiary/aromatic N) is 1. The topological polar surface area (TPSA) is 103 Å². The number of amides is 1. The summed E-state index contributed by atoms with van der Waals surface area (Å²) in [7, 11) is 0. The Labute approximate surface area is 237 Å². The number of rotatable bonds is 7. The molecule has 0 saturated carbocycles. The van der Waals surface area contributed by atoms with E-state index in [0.717, 1.165) is 5.56 Å². The third kappa shape index (κ3) is 4.41. The number of fused-ring (bicyclic) bond motifs is 2. The Morgan fingerprint density at radius 1 is 1.13 bits per heavy atom. The monoisotopic (exact) mass is 619 g/mol. The molecular weight excluding hydrogens is 597 g/mol. The maximum atomic E-state index is 13.3. The van der Waals surface area contributed by atoms with Gasteiger partial charge in [0.05, 0.1) is 17.0 Å². The molecule has 11 heteroatoms. The molecule has 1 fully saturated rings. The molecule has 5 rings (SSSR count). The van der Waals surface area contributed by atoms with Crippen LogP contribution in [-0.4, -0.2) is 29.5 Å². The first-order valence-electron chi connectivity index (χ1n) is 12.0. The average Bonchev–Trinajstić information content (AvgIpc) is 3.33. The van der Waals surface area contributed by atoms with Gasteiger partial charge in [0.25, 0.3) is 11.9 Å². The summed E-state index contributed by atoms with van der Waals surface area (Å²) in [6.45, 7) is 4.21. The summed E-state index contributed by atoms with van der Waals surface area (Å²) >= 11 is 15.9. The first kappa shape index (κ1) is 26.7. The molecule has 2 aliphatic rings.